The van der Waals surface area contributed by atoms with E-state index in [0.717, 1.165) is 12.8 Å². The quantitative estimate of drug-likeness (QED) is 0.576. The molecule has 1 saturated carbocycles. The zero-order chi connectivity index (χ0) is 16.1. The molecule has 1 aliphatic rings. The fraction of sp³-hybridized carbons (Fsp3) is 0.438. The van der Waals surface area contributed by atoms with Gasteiger partial charge in [0.1, 0.15) is 5.78 Å². The standard InChI is InChI=1S/C16H17Cl2NO3/c17-14-2-1-3-15(18)13(14)8-12(20)6-11(19)7-16(21)22-9-10-4-5-10/h1-3,10,19H,4-9H2. The van der Waals surface area contributed by atoms with Crippen molar-refractivity contribution in [1.29, 1.82) is 5.41 Å². The van der Waals surface area contributed by atoms with Gasteiger partial charge in [-0.1, -0.05) is 29.3 Å². The number of hydrogen-bond acceptors (Lipinski definition) is 4. The summed E-state index contributed by atoms with van der Waals surface area (Å²) in [6.45, 7) is 0.426. The van der Waals surface area contributed by atoms with Crippen LogP contribution in [0.1, 0.15) is 31.2 Å². The highest BCUT2D eigenvalue weighted by Gasteiger charge is 2.23. The van der Waals surface area contributed by atoms with Gasteiger partial charge in [-0.25, -0.2) is 0 Å². The van der Waals surface area contributed by atoms with Crippen LogP contribution in [0.4, 0.5) is 0 Å². The summed E-state index contributed by atoms with van der Waals surface area (Å²) in [6.07, 6.45) is 2.01. The van der Waals surface area contributed by atoms with E-state index in [2.05, 4.69) is 0 Å². The largest absolute Gasteiger partial charge is 0.465 e. The molecule has 0 bridgehead atoms. The minimum absolute atomic E-state index is 0.0500. The summed E-state index contributed by atoms with van der Waals surface area (Å²) >= 11 is 12.0. The van der Waals surface area contributed by atoms with Gasteiger partial charge in [0.25, 0.3) is 0 Å². The van der Waals surface area contributed by atoms with Crippen molar-refractivity contribution in [3.8, 4) is 0 Å². The number of carbonyl (C=O) groups excluding carboxylic acids is 2. The second kappa shape index (κ2) is 7.75. The molecule has 0 atom stereocenters. The lowest BCUT2D eigenvalue weighted by molar-refractivity contribution is -0.142. The summed E-state index contributed by atoms with van der Waals surface area (Å²) in [5, 5.41) is 8.59. The number of nitrogens with one attached hydrogen (secondary N) is 1. The van der Waals surface area contributed by atoms with Crippen LogP contribution in [-0.2, 0) is 20.7 Å². The summed E-state index contributed by atoms with van der Waals surface area (Å²) in [5.41, 5.74) is 0.605. The van der Waals surface area contributed by atoms with Gasteiger partial charge >= 0.3 is 5.97 Å². The summed E-state index contributed by atoms with van der Waals surface area (Å²) in [6, 6.07) is 5.03. The molecule has 22 heavy (non-hydrogen) atoms. The number of halogens is 2. The van der Waals surface area contributed by atoms with Gasteiger partial charge < -0.3 is 10.1 Å². The molecule has 4 nitrogen and oxygen atoms in total. The summed E-state index contributed by atoms with van der Waals surface area (Å²) in [5.74, 6) is -0.155. The van der Waals surface area contributed by atoms with Crippen LogP contribution in [0.5, 0.6) is 0 Å². The van der Waals surface area contributed by atoms with E-state index in [1.807, 2.05) is 0 Å². The Morgan fingerprint density at radius 1 is 1.18 bits per heavy atom. The maximum atomic E-state index is 12.0. The van der Waals surface area contributed by atoms with Crippen molar-refractivity contribution >= 4 is 40.7 Å². The van der Waals surface area contributed by atoms with Gasteiger partial charge in [-0.3, -0.25) is 9.59 Å². The van der Waals surface area contributed by atoms with E-state index in [-0.39, 0.29) is 30.8 Å². The van der Waals surface area contributed by atoms with Crippen LogP contribution in [0, 0.1) is 11.3 Å². The van der Waals surface area contributed by atoms with Crippen LogP contribution in [-0.4, -0.2) is 24.1 Å². The molecule has 0 aliphatic heterocycles. The molecule has 2 rings (SSSR count). The van der Waals surface area contributed by atoms with E-state index in [1.54, 1.807) is 18.2 Å². The predicted molar refractivity (Wildman–Crippen MR) is 85.8 cm³/mol. The van der Waals surface area contributed by atoms with Gasteiger partial charge in [0.15, 0.2) is 0 Å². The highest BCUT2D eigenvalue weighted by Crippen LogP contribution is 2.29. The van der Waals surface area contributed by atoms with E-state index >= 15 is 0 Å². The van der Waals surface area contributed by atoms with Gasteiger partial charge in [0, 0.05) is 28.6 Å². The van der Waals surface area contributed by atoms with E-state index in [0.29, 0.717) is 28.1 Å². The van der Waals surface area contributed by atoms with Crippen molar-refractivity contribution in [2.45, 2.75) is 32.1 Å². The summed E-state index contributed by atoms with van der Waals surface area (Å²) in [7, 11) is 0. The number of esters is 1. The summed E-state index contributed by atoms with van der Waals surface area (Å²) < 4.78 is 5.04. The lowest BCUT2D eigenvalue weighted by atomic mass is 10.0. The number of rotatable bonds is 8. The van der Waals surface area contributed by atoms with Crippen molar-refractivity contribution in [2.24, 2.45) is 5.92 Å². The maximum absolute atomic E-state index is 12.0. The van der Waals surface area contributed by atoms with Gasteiger partial charge in [0.05, 0.1) is 13.0 Å². The Kier molecular flexibility index (Phi) is 5.98. The molecular weight excluding hydrogens is 325 g/mol. The number of Topliss-reactive ketones (excluding diaryl/α,β-unsaturated/α-hetero) is 1. The van der Waals surface area contributed by atoms with E-state index in [9.17, 15) is 9.59 Å². The van der Waals surface area contributed by atoms with Crippen LogP contribution in [0.25, 0.3) is 0 Å². The Balaban J connectivity index is 1.78. The number of carbonyl (C=O) groups is 2. The summed E-state index contributed by atoms with van der Waals surface area (Å²) in [4.78, 5) is 23.5. The first kappa shape index (κ1) is 17.0. The third kappa shape index (κ3) is 5.43. The van der Waals surface area contributed by atoms with Crippen molar-refractivity contribution in [1.82, 2.24) is 0 Å². The molecule has 0 spiro atoms. The van der Waals surface area contributed by atoms with Crippen LogP contribution in [0.2, 0.25) is 10.0 Å². The molecule has 118 valence electrons. The van der Waals surface area contributed by atoms with Gasteiger partial charge in [0.2, 0.25) is 0 Å². The molecular formula is C16H17Cl2NO3. The fourth-order valence-corrected chi connectivity index (χ4v) is 2.51. The molecule has 0 saturated heterocycles. The molecule has 0 amide bonds. The monoisotopic (exact) mass is 341 g/mol. The molecule has 6 heteroatoms. The highest BCUT2D eigenvalue weighted by atomic mass is 35.5. The van der Waals surface area contributed by atoms with E-state index in [4.69, 9.17) is 33.3 Å². The van der Waals surface area contributed by atoms with Gasteiger partial charge in [-0.05, 0) is 36.5 Å². The Labute approximate surface area is 139 Å². The van der Waals surface area contributed by atoms with Crippen LogP contribution in [0.15, 0.2) is 18.2 Å². The Morgan fingerprint density at radius 2 is 1.82 bits per heavy atom. The Morgan fingerprint density at radius 3 is 2.41 bits per heavy atom. The molecule has 0 unspecified atom stereocenters. The fourth-order valence-electron chi connectivity index (χ4n) is 1.98. The zero-order valence-corrected chi connectivity index (χ0v) is 13.5. The molecule has 1 aliphatic carbocycles. The average Bonchev–Trinajstić information content (AvgIpc) is 3.25. The first-order chi connectivity index (χ1) is 10.5. The van der Waals surface area contributed by atoms with E-state index < -0.39 is 5.97 Å². The minimum Gasteiger partial charge on any atom is -0.465 e. The van der Waals surface area contributed by atoms with Crippen molar-refractivity contribution < 1.29 is 14.3 Å². The normalized spacial score (nSPS) is 13.7. The maximum Gasteiger partial charge on any atom is 0.311 e. The third-order valence-corrected chi connectivity index (χ3v) is 4.09. The van der Waals surface area contributed by atoms with Crippen molar-refractivity contribution in [3.63, 3.8) is 0 Å². The number of hydrogen-bond donors (Lipinski definition) is 1. The second-order valence-electron chi connectivity index (χ2n) is 5.50. The lowest BCUT2D eigenvalue weighted by Crippen LogP contribution is -2.16. The molecule has 1 fully saturated rings. The number of ether oxygens (including phenoxy) is 1. The van der Waals surface area contributed by atoms with Crippen LogP contribution < -0.4 is 0 Å². The Bertz CT molecular complexity index is 577. The SMILES string of the molecule is N=C(CC(=O)Cc1c(Cl)cccc1Cl)CC(=O)OCC1CC1. The number of benzene rings is 1. The average molecular weight is 342 g/mol. The third-order valence-electron chi connectivity index (χ3n) is 3.38. The zero-order valence-electron chi connectivity index (χ0n) is 12.0. The highest BCUT2D eigenvalue weighted by molar-refractivity contribution is 6.36. The molecule has 1 aromatic carbocycles. The molecule has 0 radical (unpaired) electrons. The molecule has 1 aromatic rings. The first-order valence-electron chi connectivity index (χ1n) is 7.12. The van der Waals surface area contributed by atoms with Crippen LogP contribution >= 0.6 is 23.2 Å². The topological polar surface area (TPSA) is 67.2 Å². The smallest absolute Gasteiger partial charge is 0.311 e. The van der Waals surface area contributed by atoms with Crippen molar-refractivity contribution in [2.75, 3.05) is 6.61 Å². The lowest BCUT2D eigenvalue weighted by Gasteiger charge is -2.07. The van der Waals surface area contributed by atoms with Gasteiger partial charge in [-0.15, -0.1) is 0 Å². The predicted octanol–water partition coefficient (Wildman–Crippen LogP) is 3.86. The van der Waals surface area contributed by atoms with Crippen LogP contribution in [0.3, 0.4) is 0 Å². The molecule has 1 N–H and O–H groups in total. The second-order valence-corrected chi connectivity index (χ2v) is 6.31. The minimum atomic E-state index is -0.444. The molecule has 0 heterocycles. The van der Waals surface area contributed by atoms with E-state index in [1.165, 1.54) is 0 Å². The first-order valence-corrected chi connectivity index (χ1v) is 7.88. The van der Waals surface area contributed by atoms with Gasteiger partial charge in [-0.2, -0.15) is 0 Å². The van der Waals surface area contributed by atoms with Crippen molar-refractivity contribution in [3.05, 3.63) is 33.8 Å². The molecule has 0 aromatic heterocycles. The number of ketones is 1. The Hall–Kier alpha value is -1.39.